The fourth-order valence-corrected chi connectivity index (χ4v) is 3.66. The largest absolute Gasteiger partial charge is 0.469 e. The second-order valence-corrected chi connectivity index (χ2v) is 7.54. The molecule has 0 bridgehead atoms. The van der Waals surface area contributed by atoms with Crippen molar-refractivity contribution >= 4 is 46.4 Å². The predicted molar refractivity (Wildman–Crippen MR) is 108 cm³/mol. The first kappa shape index (κ1) is 21.6. The summed E-state index contributed by atoms with van der Waals surface area (Å²) in [5.74, 6) is -1.15. The van der Waals surface area contributed by atoms with Crippen LogP contribution in [0.2, 0.25) is 0 Å². The Kier molecular flexibility index (Phi) is 7.70. The fourth-order valence-electron chi connectivity index (χ4n) is 2.19. The van der Waals surface area contributed by atoms with Crippen molar-refractivity contribution in [2.75, 3.05) is 13.7 Å². The van der Waals surface area contributed by atoms with E-state index in [1.807, 2.05) is 0 Å². The molecule has 2 rings (SSSR count). The number of hydrogen-bond acceptors (Lipinski definition) is 7. The van der Waals surface area contributed by atoms with Crippen LogP contribution < -0.4 is 10.1 Å². The average molecular weight is 421 g/mol. The highest BCUT2D eigenvalue weighted by atomic mass is 32.2. The molecule has 0 aliphatic rings. The molecule has 10 heteroatoms. The number of thioether (sulfide) groups is 1. The molecular formula is C18H20N4O4S2. The van der Waals surface area contributed by atoms with Crippen molar-refractivity contribution in [1.82, 2.24) is 9.88 Å². The van der Waals surface area contributed by atoms with E-state index in [1.165, 1.54) is 24.4 Å². The normalized spacial score (nSPS) is 11.2. The molecule has 0 radical (unpaired) electrons. The van der Waals surface area contributed by atoms with Gasteiger partial charge in [-0.05, 0) is 31.2 Å². The van der Waals surface area contributed by atoms with Gasteiger partial charge in [-0.1, -0.05) is 23.1 Å². The average Bonchev–Trinajstić information content (AvgIpc) is 2.97. The Morgan fingerprint density at radius 1 is 1.32 bits per heavy atom. The van der Waals surface area contributed by atoms with Crippen LogP contribution in [0.3, 0.4) is 0 Å². The van der Waals surface area contributed by atoms with Gasteiger partial charge in [0.15, 0.2) is 4.80 Å². The third-order valence-electron chi connectivity index (χ3n) is 3.85. The number of carbonyl (C=O) groups is 3. The lowest BCUT2D eigenvalue weighted by molar-refractivity contribution is -0.140. The fraction of sp³-hybridized carbons (Fsp3) is 0.278. The van der Waals surface area contributed by atoms with Gasteiger partial charge in [-0.2, -0.15) is 4.99 Å². The molecule has 2 amide bonds. The predicted octanol–water partition coefficient (Wildman–Crippen LogP) is 2.13. The molecule has 0 aliphatic carbocycles. The minimum Gasteiger partial charge on any atom is -0.469 e. The molecule has 0 atom stereocenters. The Hall–Kier alpha value is -2.72. The molecule has 0 unspecified atom stereocenters. The number of methoxy groups -OCH3 is 1. The van der Waals surface area contributed by atoms with Crippen molar-refractivity contribution < 1.29 is 19.1 Å². The number of amides is 2. The van der Waals surface area contributed by atoms with E-state index in [4.69, 9.17) is 5.41 Å². The van der Waals surface area contributed by atoms with E-state index in [1.54, 1.807) is 42.8 Å². The van der Waals surface area contributed by atoms with E-state index >= 15 is 0 Å². The number of carbonyl (C=O) groups excluding carboxylic acids is 3. The zero-order valence-corrected chi connectivity index (χ0v) is 17.3. The first-order valence-corrected chi connectivity index (χ1v) is 9.93. The molecule has 8 nitrogen and oxygen atoms in total. The van der Waals surface area contributed by atoms with E-state index in [0.29, 0.717) is 20.9 Å². The SMILES string of the molecule is COC(=O)CCNC(=O)c1sc(=NC(=O)c2ccc(SC=N)cc2)n(C)c1C. The standard InChI is InChI=1S/C18H20N4O4S2/c1-11-15(17(25)20-9-8-14(23)26-3)28-18(22(11)2)21-16(24)12-4-6-13(7-5-12)27-10-19/h4-7,10,19H,8-9H2,1-3H3,(H,20,25). The Labute approximate surface area is 170 Å². The van der Waals surface area contributed by atoms with E-state index in [9.17, 15) is 14.4 Å². The van der Waals surface area contributed by atoms with Gasteiger partial charge >= 0.3 is 5.97 Å². The second-order valence-electron chi connectivity index (χ2n) is 5.62. The highest BCUT2D eigenvalue weighted by Crippen LogP contribution is 2.16. The highest BCUT2D eigenvalue weighted by molar-refractivity contribution is 8.12. The molecule has 0 spiro atoms. The van der Waals surface area contributed by atoms with Crippen LogP contribution in [0, 0.1) is 12.3 Å². The Balaban J connectivity index is 2.18. The summed E-state index contributed by atoms with van der Waals surface area (Å²) < 4.78 is 6.21. The summed E-state index contributed by atoms with van der Waals surface area (Å²) >= 11 is 2.35. The number of thiazole rings is 1. The third kappa shape index (κ3) is 5.40. The van der Waals surface area contributed by atoms with Gasteiger partial charge in [0.25, 0.3) is 11.8 Å². The maximum Gasteiger partial charge on any atom is 0.307 e. The summed E-state index contributed by atoms with van der Waals surface area (Å²) in [6.45, 7) is 1.93. The third-order valence-corrected chi connectivity index (χ3v) is 5.75. The van der Waals surface area contributed by atoms with Crippen molar-refractivity contribution in [2.45, 2.75) is 18.2 Å². The summed E-state index contributed by atoms with van der Waals surface area (Å²) in [5, 5.41) is 9.73. The molecule has 28 heavy (non-hydrogen) atoms. The number of nitrogens with zero attached hydrogens (tertiary/aromatic N) is 2. The number of nitrogens with one attached hydrogen (secondary N) is 2. The van der Waals surface area contributed by atoms with Crippen molar-refractivity contribution in [1.29, 1.82) is 5.41 Å². The van der Waals surface area contributed by atoms with E-state index in [0.717, 1.165) is 16.2 Å². The van der Waals surface area contributed by atoms with Crippen molar-refractivity contribution in [2.24, 2.45) is 12.0 Å². The number of rotatable bonds is 7. The van der Waals surface area contributed by atoms with Crippen molar-refractivity contribution in [3.63, 3.8) is 0 Å². The van der Waals surface area contributed by atoms with Crippen LogP contribution in [0.25, 0.3) is 0 Å². The quantitative estimate of drug-likeness (QED) is 0.308. The van der Waals surface area contributed by atoms with Gasteiger partial charge < -0.3 is 20.0 Å². The lowest BCUT2D eigenvalue weighted by Gasteiger charge is -2.03. The summed E-state index contributed by atoms with van der Waals surface area (Å²) in [5.41, 5.74) is 2.31. The van der Waals surface area contributed by atoms with Gasteiger partial charge in [-0.25, -0.2) is 0 Å². The summed E-state index contributed by atoms with van der Waals surface area (Å²) in [6.07, 6.45) is 0.0841. The lowest BCUT2D eigenvalue weighted by Crippen LogP contribution is -2.26. The van der Waals surface area contributed by atoms with Crippen LogP contribution in [-0.4, -0.2) is 41.6 Å². The molecule has 0 saturated heterocycles. The maximum absolute atomic E-state index is 12.4. The number of aromatic nitrogens is 1. The minimum atomic E-state index is -0.416. The van der Waals surface area contributed by atoms with Crippen LogP contribution in [-0.2, 0) is 16.6 Å². The van der Waals surface area contributed by atoms with Gasteiger partial charge in [-0.3, -0.25) is 14.4 Å². The first-order chi connectivity index (χ1) is 13.4. The Morgan fingerprint density at radius 3 is 2.61 bits per heavy atom. The molecule has 0 fully saturated rings. The topological polar surface area (TPSA) is 114 Å². The van der Waals surface area contributed by atoms with E-state index in [2.05, 4.69) is 15.0 Å². The highest BCUT2D eigenvalue weighted by Gasteiger charge is 2.16. The molecule has 148 valence electrons. The van der Waals surface area contributed by atoms with E-state index in [-0.39, 0.29) is 18.9 Å². The summed E-state index contributed by atoms with van der Waals surface area (Å²) in [7, 11) is 3.02. The van der Waals surface area contributed by atoms with Crippen LogP contribution in [0.1, 0.15) is 32.1 Å². The number of hydrogen-bond donors (Lipinski definition) is 2. The summed E-state index contributed by atoms with van der Waals surface area (Å²) in [6, 6.07) is 6.80. The van der Waals surface area contributed by atoms with Gasteiger partial charge in [0.1, 0.15) is 4.88 Å². The lowest BCUT2D eigenvalue weighted by atomic mass is 10.2. The van der Waals surface area contributed by atoms with E-state index < -0.39 is 11.9 Å². The van der Waals surface area contributed by atoms with Gasteiger partial charge in [0, 0.05) is 29.7 Å². The zero-order valence-electron chi connectivity index (χ0n) is 15.6. The van der Waals surface area contributed by atoms with Gasteiger partial charge in [0.05, 0.1) is 19.1 Å². The summed E-state index contributed by atoms with van der Waals surface area (Å²) in [4.78, 5) is 41.7. The molecule has 1 aromatic heterocycles. The first-order valence-electron chi connectivity index (χ1n) is 8.23. The van der Waals surface area contributed by atoms with Crippen LogP contribution in [0.4, 0.5) is 0 Å². The molecule has 1 heterocycles. The molecule has 1 aromatic carbocycles. The van der Waals surface area contributed by atoms with Crippen LogP contribution >= 0.6 is 23.1 Å². The van der Waals surface area contributed by atoms with Crippen molar-refractivity contribution in [3.05, 3.63) is 45.2 Å². The monoisotopic (exact) mass is 420 g/mol. The molecular weight excluding hydrogens is 400 g/mol. The van der Waals surface area contributed by atoms with Gasteiger partial charge in [-0.15, -0.1) is 0 Å². The van der Waals surface area contributed by atoms with Crippen LogP contribution in [0.15, 0.2) is 34.2 Å². The zero-order chi connectivity index (χ0) is 20.7. The Morgan fingerprint density at radius 2 is 2.00 bits per heavy atom. The molecule has 2 N–H and O–H groups in total. The molecule has 0 saturated carbocycles. The number of esters is 1. The smallest absolute Gasteiger partial charge is 0.307 e. The number of ether oxygens (including phenoxy) is 1. The Bertz CT molecular complexity index is 961. The molecule has 2 aromatic rings. The number of benzene rings is 1. The van der Waals surface area contributed by atoms with Crippen molar-refractivity contribution in [3.8, 4) is 0 Å². The minimum absolute atomic E-state index is 0.0841. The maximum atomic E-state index is 12.4. The second kappa shape index (κ2) is 10.00. The molecule has 0 aliphatic heterocycles. The van der Waals surface area contributed by atoms with Gasteiger partial charge in [0.2, 0.25) is 0 Å². The van der Waals surface area contributed by atoms with Crippen LogP contribution in [0.5, 0.6) is 0 Å².